The molecular formula is C13H15N3. The normalized spacial score (nSPS) is 20.6. The number of rotatable bonds is 2. The molecule has 2 heterocycles. The van der Waals surface area contributed by atoms with Crippen LogP contribution in [0, 0.1) is 11.3 Å². The molecule has 1 aliphatic rings. The van der Waals surface area contributed by atoms with E-state index < -0.39 is 0 Å². The predicted molar refractivity (Wildman–Crippen MR) is 63.5 cm³/mol. The van der Waals surface area contributed by atoms with Crippen LogP contribution in [-0.4, -0.2) is 23.5 Å². The van der Waals surface area contributed by atoms with Crippen molar-refractivity contribution in [2.75, 3.05) is 13.6 Å². The maximum Gasteiger partial charge on any atom is 0.0992 e. The van der Waals surface area contributed by atoms with Crippen molar-refractivity contribution in [1.82, 2.24) is 9.88 Å². The molecule has 1 saturated heterocycles. The zero-order valence-electron chi connectivity index (χ0n) is 9.48. The van der Waals surface area contributed by atoms with Gasteiger partial charge in [-0.2, -0.15) is 5.26 Å². The summed E-state index contributed by atoms with van der Waals surface area (Å²) in [6, 6.07) is 4.54. The standard InChI is InChI=1S/C13H15N3/c1-10(7-14)11-6-12(9-15-8-11)13-4-3-5-16(13)2/h6,8-9,13H,1,3-5H2,2H3. The Hall–Kier alpha value is -1.66. The number of allylic oxidation sites excluding steroid dienone is 1. The maximum absolute atomic E-state index is 8.81. The van der Waals surface area contributed by atoms with E-state index in [2.05, 4.69) is 29.6 Å². The Bertz CT molecular complexity index is 445. The van der Waals surface area contributed by atoms with Gasteiger partial charge in [-0.3, -0.25) is 9.88 Å². The smallest absolute Gasteiger partial charge is 0.0992 e. The SMILES string of the molecule is C=C(C#N)c1cncc(C2CCCN2C)c1. The number of pyridine rings is 1. The molecule has 2 rings (SSSR count). The molecule has 1 aromatic rings. The molecule has 3 nitrogen and oxygen atoms in total. The number of aromatic nitrogens is 1. The molecule has 0 spiro atoms. The summed E-state index contributed by atoms with van der Waals surface area (Å²) in [4.78, 5) is 6.52. The van der Waals surface area contributed by atoms with Crippen molar-refractivity contribution in [1.29, 1.82) is 5.26 Å². The van der Waals surface area contributed by atoms with Crippen LogP contribution in [0.3, 0.4) is 0 Å². The molecule has 0 N–H and O–H groups in total. The van der Waals surface area contributed by atoms with Gasteiger partial charge in [0.05, 0.1) is 11.6 Å². The quantitative estimate of drug-likeness (QED) is 0.708. The van der Waals surface area contributed by atoms with Crippen LogP contribution in [0.5, 0.6) is 0 Å². The fourth-order valence-corrected chi connectivity index (χ4v) is 2.20. The van der Waals surface area contributed by atoms with Gasteiger partial charge in [0.15, 0.2) is 0 Å². The van der Waals surface area contributed by atoms with Gasteiger partial charge in [0.1, 0.15) is 0 Å². The van der Waals surface area contributed by atoms with Crippen molar-refractivity contribution in [3.63, 3.8) is 0 Å². The third-order valence-corrected chi connectivity index (χ3v) is 3.15. The lowest BCUT2D eigenvalue weighted by Crippen LogP contribution is -2.17. The second-order valence-electron chi connectivity index (χ2n) is 4.24. The van der Waals surface area contributed by atoms with Gasteiger partial charge in [-0.25, -0.2) is 0 Å². The van der Waals surface area contributed by atoms with Crippen molar-refractivity contribution in [2.24, 2.45) is 0 Å². The van der Waals surface area contributed by atoms with E-state index in [-0.39, 0.29) is 0 Å². The van der Waals surface area contributed by atoms with Crippen LogP contribution < -0.4 is 0 Å². The van der Waals surface area contributed by atoms with Crippen LogP contribution in [0.25, 0.3) is 5.57 Å². The highest BCUT2D eigenvalue weighted by Crippen LogP contribution is 2.30. The average Bonchev–Trinajstić information content (AvgIpc) is 2.74. The summed E-state index contributed by atoms with van der Waals surface area (Å²) >= 11 is 0. The van der Waals surface area contributed by atoms with Crippen LogP contribution >= 0.6 is 0 Å². The Morgan fingerprint density at radius 3 is 3.06 bits per heavy atom. The zero-order chi connectivity index (χ0) is 11.5. The second kappa shape index (κ2) is 4.46. The lowest BCUT2D eigenvalue weighted by atomic mass is 10.0. The van der Waals surface area contributed by atoms with Crippen LogP contribution in [0.2, 0.25) is 0 Å². The molecule has 1 aromatic heterocycles. The van der Waals surface area contributed by atoms with Crippen molar-refractivity contribution < 1.29 is 0 Å². The van der Waals surface area contributed by atoms with Gasteiger partial charge < -0.3 is 0 Å². The number of hydrogen-bond donors (Lipinski definition) is 0. The van der Waals surface area contributed by atoms with Crippen molar-refractivity contribution in [3.05, 3.63) is 36.2 Å². The van der Waals surface area contributed by atoms with E-state index in [1.807, 2.05) is 12.3 Å². The Balaban J connectivity index is 2.29. The van der Waals surface area contributed by atoms with E-state index in [1.165, 1.54) is 18.4 Å². The van der Waals surface area contributed by atoms with Gasteiger partial charge in [0, 0.05) is 24.0 Å². The Morgan fingerprint density at radius 1 is 1.62 bits per heavy atom. The minimum absolute atomic E-state index is 0.443. The van der Waals surface area contributed by atoms with Gasteiger partial charge in [-0.1, -0.05) is 6.58 Å². The van der Waals surface area contributed by atoms with Gasteiger partial charge in [-0.15, -0.1) is 0 Å². The molecule has 82 valence electrons. The summed E-state index contributed by atoms with van der Waals surface area (Å²) < 4.78 is 0. The first-order chi connectivity index (χ1) is 7.72. The minimum Gasteiger partial charge on any atom is -0.299 e. The Labute approximate surface area is 96.0 Å². The summed E-state index contributed by atoms with van der Waals surface area (Å²) in [5.74, 6) is 0. The molecule has 1 aliphatic heterocycles. The average molecular weight is 213 g/mol. The Kier molecular flexibility index (Phi) is 3.02. The van der Waals surface area contributed by atoms with Gasteiger partial charge in [0.2, 0.25) is 0 Å². The largest absolute Gasteiger partial charge is 0.299 e. The minimum atomic E-state index is 0.443. The topological polar surface area (TPSA) is 39.9 Å². The first-order valence-electron chi connectivity index (χ1n) is 5.47. The van der Waals surface area contributed by atoms with Gasteiger partial charge >= 0.3 is 0 Å². The van der Waals surface area contributed by atoms with E-state index in [9.17, 15) is 0 Å². The van der Waals surface area contributed by atoms with Gasteiger partial charge in [0.25, 0.3) is 0 Å². The fraction of sp³-hybridized carbons (Fsp3) is 0.385. The van der Waals surface area contributed by atoms with E-state index >= 15 is 0 Å². The molecule has 3 heteroatoms. The molecule has 0 bridgehead atoms. The molecule has 0 aliphatic carbocycles. The molecule has 1 atom stereocenters. The summed E-state index contributed by atoms with van der Waals surface area (Å²) in [7, 11) is 2.13. The molecule has 1 fully saturated rings. The van der Waals surface area contributed by atoms with Crippen molar-refractivity contribution >= 4 is 5.57 Å². The number of hydrogen-bond acceptors (Lipinski definition) is 3. The highest BCUT2D eigenvalue weighted by molar-refractivity contribution is 5.74. The molecule has 0 radical (unpaired) electrons. The van der Waals surface area contributed by atoms with Crippen LogP contribution in [0.1, 0.15) is 30.0 Å². The highest BCUT2D eigenvalue weighted by Gasteiger charge is 2.22. The summed E-state index contributed by atoms with van der Waals surface area (Å²) in [5, 5.41) is 8.81. The number of nitrogens with zero attached hydrogens (tertiary/aromatic N) is 3. The second-order valence-corrected chi connectivity index (χ2v) is 4.24. The lowest BCUT2D eigenvalue weighted by molar-refractivity contribution is 0.317. The van der Waals surface area contributed by atoms with Crippen molar-refractivity contribution in [2.45, 2.75) is 18.9 Å². The first-order valence-corrected chi connectivity index (χ1v) is 5.47. The third-order valence-electron chi connectivity index (χ3n) is 3.15. The fourth-order valence-electron chi connectivity index (χ4n) is 2.20. The number of likely N-dealkylation sites (tertiary alicyclic amines) is 1. The van der Waals surface area contributed by atoms with E-state index in [4.69, 9.17) is 5.26 Å². The van der Waals surface area contributed by atoms with Gasteiger partial charge in [-0.05, 0) is 38.1 Å². The van der Waals surface area contributed by atoms with E-state index in [1.54, 1.807) is 6.20 Å². The summed E-state index contributed by atoms with van der Waals surface area (Å²) in [6.45, 7) is 4.85. The summed E-state index contributed by atoms with van der Waals surface area (Å²) in [5.41, 5.74) is 2.50. The molecule has 16 heavy (non-hydrogen) atoms. The van der Waals surface area contributed by atoms with Crippen molar-refractivity contribution in [3.8, 4) is 6.07 Å². The van der Waals surface area contributed by atoms with E-state index in [0.29, 0.717) is 11.6 Å². The summed E-state index contributed by atoms with van der Waals surface area (Å²) in [6.07, 6.45) is 5.98. The Morgan fingerprint density at radius 2 is 2.44 bits per heavy atom. The number of nitriles is 1. The van der Waals surface area contributed by atoms with Crippen LogP contribution in [0.4, 0.5) is 0 Å². The highest BCUT2D eigenvalue weighted by atomic mass is 15.1. The molecular weight excluding hydrogens is 198 g/mol. The maximum atomic E-state index is 8.81. The molecule has 1 unspecified atom stereocenters. The molecule has 0 saturated carbocycles. The predicted octanol–water partition coefficient (Wildman–Crippen LogP) is 2.39. The first kappa shape index (κ1) is 10.8. The molecule has 0 amide bonds. The third kappa shape index (κ3) is 1.98. The molecule has 0 aromatic carbocycles. The zero-order valence-corrected chi connectivity index (χ0v) is 9.48. The monoisotopic (exact) mass is 213 g/mol. The lowest BCUT2D eigenvalue weighted by Gasteiger charge is -2.19. The van der Waals surface area contributed by atoms with Crippen LogP contribution in [0.15, 0.2) is 25.0 Å². The van der Waals surface area contributed by atoms with Crippen LogP contribution in [-0.2, 0) is 0 Å². The van der Waals surface area contributed by atoms with E-state index in [0.717, 1.165) is 12.1 Å².